The molecule has 0 saturated carbocycles. The molecule has 4 nitrogen and oxygen atoms in total. The number of nitrogens with one attached hydrogen (secondary N) is 1. The van der Waals surface area contributed by atoms with Gasteiger partial charge in [-0.05, 0) is 71.1 Å². The van der Waals surface area contributed by atoms with Gasteiger partial charge in [0.1, 0.15) is 5.75 Å². The second-order valence-electron chi connectivity index (χ2n) is 10.6. The summed E-state index contributed by atoms with van der Waals surface area (Å²) >= 11 is 5.73. The number of hydrogen-bond acceptors (Lipinski definition) is 3. The summed E-state index contributed by atoms with van der Waals surface area (Å²) in [5.41, 5.74) is 4.30. The van der Waals surface area contributed by atoms with Crippen LogP contribution in [0.3, 0.4) is 0 Å². The summed E-state index contributed by atoms with van der Waals surface area (Å²) in [7, 11) is 0. The highest BCUT2D eigenvalue weighted by molar-refractivity contribution is 7.80. The van der Waals surface area contributed by atoms with Crippen LogP contribution in [0.4, 0.5) is 0 Å². The number of hydrogen-bond donors (Lipinski definition) is 2. The molecular weight excluding hydrogens is 392 g/mol. The lowest BCUT2D eigenvalue weighted by Gasteiger charge is -2.41. The molecule has 0 saturated heterocycles. The monoisotopic (exact) mass is 428 g/mol. The zero-order valence-corrected chi connectivity index (χ0v) is 20.3. The van der Waals surface area contributed by atoms with Gasteiger partial charge in [0.25, 0.3) is 0 Å². The van der Waals surface area contributed by atoms with Crippen LogP contribution in [-0.2, 0) is 15.6 Å². The number of carbonyl (C=O) groups excluding carboxylic acids is 1. The quantitative estimate of drug-likeness (QED) is 0.611. The van der Waals surface area contributed by atoms with Crippen LogP contribution in [0, 0.1) is 0 Å². The topological polar surface area (TPSA) is 52.6 Å². The molecule has 30 heavy (non-hydrogen) atoms. The lowest BCUT2D eigenvalue weighted by molar-refractivity contribution is -0.116. The minimum Gasteiger partial charge on any atom is -0.507 e. The van der Waals surface area contributed by atoms with E-state index in [2.05, 4.69) is 70.8 Å². The van der Waals surface area contributed by atoms with Crippen molar-refractivity contribution in [2.75, 3.05) is 6.54 Å². The van der Waals surface area contributed by atoms with Crippen LogP contribution in [-0.4, -0.2) is 27.4 Å². The van der Waals surface area contributed by atoms with Crippen molar-refractivity contribution in [1.29, 1.82) is 0 Å². The third-order valence-corrected chi connectivity index (χ3v) is 6.42. The molecule has 1 aliphatic carbocycles. The molecule has 0 aromatic heterocycles. The van der Waals surface area contributed by atoms with Crippen molar-refractivity contribution in [3.8, 4) is 5.75 Å². The second-order valence-corrected chi connectivity index (χ2v) is 11.0. The molecule has 5 heteroatoms. The Balaban J connectivity index is 2.25. The van der Waals surface area contributed by atoms with E-state index in [1.807, 2.05) is 0 Å². The molecule has 1 aromatic carbocycles. The Morgan fingerprint density at radius 3 is 2.17 bits per heavy atom. The largest absolute Gasteiger partial charge is 0.507 e. The van der Waals surface area contributed by atoms with Gasteiger partial charge in [0.2, 0.25) is 0 Å². The SMILES string of the molecule is CCCN1C(=S)NC(c2cc(C(C)(C)C)c(O)c(C(C)(C)C)c2)C2=C1CCCC2=O. The van der Waals surface area contributed by atoms with E-state index >= 15 is 0 Å². The van der Waals surface area contributed by atoms with Gasteiger partial charge < -0.3 is 15.3 Å². The second kappa shape index (κ2) is 7.99. The van der Waals surface area contributed by atoms with Gasteiger partial charge in [-0.3, -0.25) is 4.79 Å². The molecule has 1 atom stereocenters. The molecule has 0 bridgehead atoms. The minimum absolute atomic E-state index is 0.208. The van der Waals surface area contributed by atoms with Gasteiger partial charge in [0, 0.05) is 24.2 Å². The number of thiocarbonyl (C=S) groups is 1. The molecule has 1 heterocycles. The molecule has 0 spiro atoms. The zero-order chi connectivity index (χ0) is 22.4. The van der Waals surface area contributed by atoms with Crippen molar-refractivity contribution in [2.45, 2.75) is 91.0 Å². The Hall–Kier alpha value is -1.88. The van der Waals surface area contributed by atoms with Gasteiger partial charge in [-0.2, -0.15) is 0 Å². The van der Waals surface area contributed by atoms with Gasteiger partial charge >= 0.3 is 0 Å². The molecular formula is C25H36N2O2S. The van der Waals surface area contributed by atoms with Crippen LogP contribution in [0.1, 0.15) is 96.9 Å². The Kier molecular flexibility index (Phi) is 6.07. The number of aromatic hydroxyl groups is 1. The molecule has 1 unspecified atom stereocenters. The summed E-state index contributed by atoms with van der Waals surface area (Å²) in [5, 5.41) is 15.3. The van der Waals surface area contributed by atoms with Gasteiger partial charge in [-0.15, -0.1) is 0 Å². The van der Waals surface area contributed by atoms with E-state index in [9.17, 15) is 9.90 Å². The smallest absolute Gasteiger partial charge is 0.173 e. The lowest BCUT2D eigenvalue weighted by atomic mass is 9.76. The van der Waals surface area contributed by atoms with Gasteiger partial charge in [0.05, 0.1) is 6.04 Å². The number of phenols is 1. The normalized spacial score (nSPS) is 20.4. The summed E-state index contributed by atoms with van der Waals surface area (Å²) < 4.78 is 0. The Labute approximate surface area is 186 Å². The van der Waals surface area contributed by atoms with Crippen molar-refractivity contribution in [3.63, 3.8) is 0 Å². The average molecular weight is 429 g/mol. The van der Waals surface area contributed by atoms with Crippen molar-refractivity contribution in [1.82, 2.24) is 10.2 Å². The Bertz CT molecular complexity index is 868. The third kappa shape index (κ3) is 4.14. The minimum atomic E-state index is -0.267. The summed E-state index contributed by atoms with van der Waals surface area (Å²) in [5.74, 6) is 0.564. The number of benzene rings is 1. The van der Waals surface area contributed by atoms with Crippen LogP contribution in [0.25, 0.3) is 0 Å². The summed E-state index contributed by atoms with van der Waals surface area (Å²) in [6, 6.07) is 3.86. The Morgan fingerprint density at radius 1 is 1.10 bits per heavy atom. The maximum Gasteiger partial charge on any atom is 0.173 e. The average Bonchev–Trinajstić information content (AvgIpc) is 2.62. The highest BCUT2D eigenvalue weighted by atomic mass is 32.1. The molecule has 0 radical (unpaired) electrons. The molecule has 1 aliphatic heterocycles. The van der Waals surface area contributed by atoms with Crippen molar-refractivity contribution in [3.05, 3.63) is 40.1 Å². The number of ketones is 1. The van der Waals surface area contributed by atoms with E-state index in [1.165, 1.54) is 0 Å². The number of phenolic OH excluding ortho intramolecular Hbond substituents is 1. The first-order valence-corrected chi connectivity index (χ1v) is 11.5. The summed E-state index contributed by atoms with van der Waals surface area (Å²) in [4.78, 5) is 15.2. The van der Waals surface area contributed by atoms with Crippen molar-refractivity contribution >= 4 is 23.1 Å². The predicted molar refractivity (Wildman–Crippen MR) is 127 cm³/mol. The fourth-order valence-electron chi connectivity index (χ4n) is 4.53. The van der Waals surface area contributed by atoms with E-state index in [0.717, 1.165) is 53.8 Å². The highest BCUT2D eigenvalue weighted by Gasteiger charge is 2.38. The highest BCUT2D eigenvalue weighted by Crippen LogP contribution is 2.44. The van der Waals surface area contributed by atoms with Gasteiger partial charge in [-0.1, -0.05) is 48.5 Å². The maximum absolute atomic E-state index is 13.1. The zero-order valence-electron chi connectivity index (χ0n) is 19.5. The first-order chi connectivity index (χ1) is 13.9. The van der Waals surface area contributed by atoms with E-state index in [-0.39, 0.29) is 22.7 Å². The van der Waals surface area contributed by atoms with Crippen molar-refractivity contribution in [2.24, 2.45) is 0 Å². The van der Waals surface area contributed by atoms with Crippen LogP contribution >= 0.6 is 12.2 Å². The standard InChI is InChI=1S/C25H36N2O2S/c1-8-12-27-18-10-9-11-19(28)20(18)21(26-23(27)30)15-13-16(24(2,3)4)22(29)17(14-15)25(5,6)7/h13-14,21,29H,8-12H2,1-7H3,(H,26,30). The number of nitrogens with zero attached hydrogens (tertiary/aromatic N) is 1. The molecule has 1 aromatic rings. The maximum atomic E-state index is 13.1. The van der Waals surface area contributed by atoms with Crippen LogP contribution < -0.4 is 5.32 Å². The molecule has 0 amide bonds. The first-order valence-electron chi connectivity index (χ1n) is 11.1. The lowest BCUT2D eigenvalue weighted by Crippen LogP contribution is -2.49. The van der Waals surface area contributed by atoms with Crippen LogP contribution in [0.15, 0.2) is 23.4 Å². The third-order valence-electron chi connectivity index (χ3n) is 6.09. The Morgan fingerprint density at radius 2 is 1.67 bits per heavy atom. The van der Waals surface area contributed by atoms with Gasteiger partial charge in [-0.25, -0.2) is 0 Å². The molecule has 164 valence electrons. The summed E-state index contributed by atoms with van der Waals surface area (Å²) in [6.07, 6.45) is 3.32. The van der Waals surface area contributed by atoms with E-state index in [0.29, 0.717) is 17.3 Å². The molecule has 3 rings (SSSR count). The predicted octanol–water partition coefficient (Wildman–Crippen LogP) is 5.64. The number of Topliss-reactive ketones (excluding diaryl/α,β-unsaturated/α-hetero) is 1. The van der Waals surface area contributed by atoms with Crippen LogP contribution in [0.2, 0.25) is 0 Å². The van der Waals surface area contributed by atoms with Crippen molar-refractivity contribution < 1.29 is 9.90 Å². The van der Waals surface area contributed by atoms with E-state index < -0.39 is 0 Å². The van der Waals surface area contributed by atoms with E-state index in [4.69, 9.17) is 12.2 Å². The van der Waals surface area contributed by atoms with Crippen LogP contribution in [0.5, 0.6) is 5.75 Å². The molecule has 0 fully saturated rings. The first kappa shape index (κ1) is 22.8. The molecule has 2 N–H and O–H groups in total. The molecule has 2 aliphatic rings. The fraction of sp³-hybridized carbons (Fsp3) is 0.600. The number of rotatable bonds is 3. The van der Waals surface area contributed by atoms with E-state index in [1.54, 1.807) is 0 Å². The number of allylic oxidation sites excluding steroid dienone is 1. The van der Waals surface area contributed by atoms with Gasteiger partial charge in [0.15, 0.2) is 10.9 Å². The number of carbonyl (C=O) groups is 1. The summed E-state index contributed by atoms with van der Waals surface area (Å²) in [6.45, 7) is 15.6. The fourth-order valence-corrected chi connectivity index (χ4v) is 4.85.